The molecule has 4 aromatic carbocycles. The Morgan fingerprint density at radius 3 is 1.80 bits per heavy atom. The molecular formula is C47H56N2O2. The van der Waals surface area contributed by atoms with Crippen molar-refractivity contribution in [1.29, 1.82) is 0 Å². The van der Waals surface area contributed by atoms with Crippen LogP contribution < -0.4 is 4.74 Å². The first-order valence-corrected chi connectivity index (χ1v) is 18.2. The van der Waals surface area contributed by atoms with E-state index < -0.39 is 0 Å². The Morgan fingerprint density at radius 1 is 0.667 bits per heavy atom. The van der Waals surface area contributed by atoms with Crippen LogP contribution >= 0.6 is 0 Å². The Hall–Kier alpha value is -4.54. The zero-order valence-corrected chi connectivity index (χ0v) is 32.8. The molecule has 1 heterocycles. The molecule has 4 nitrogen and oxygen atoms in total. The molecule has 1 aromatic heterocycles. The van der Waals surface area contributed by atoms with Crippen molar-refractivity contribution < 1.29 is 9.47 Å². The first kappa shape index (κ1) is 37.7. The maximum atomic E-state index is 6.53. The number of aromatic nitrogens is 1. The van der Waals surface area contributed by atoms with Crippen LogP contribution in [0.1, 0.15) is 115 Å². The zero-order valence-electron chi connectivity index (χ0n) is 32.8. The maximum Gasteiger partial charge on any atom is 0.188 e. The van der Waals surface area contributed by atoms with Gasteiger partial charge in [0.2, 0.25) is 0 Å². The first-order chi connectivity index (χ1) is 24.1. The molecular weight excluding hydrogens is 625 g/mol. The molecule has 5 aromatic rings. The van der Waals surface area contributed by atoms with Crippen LogP contribution in [0.15, 0.2) is 96.0 Å². The minimum absolute atomic E-state index is 0.0178. The van der Waals surface area contributed by atoms with Crippen molar-refractivity contribution in [1.82, 2.24) is 4.98 Å². The summed E-state index contributed by atoms with van der Waals surface area (Å²) < 4.78 is 12.0. The standard InChI is InChI=1S/C47H56N2O2/c1-30(2)37-20-16-21-38(31(3)4)44(37)48-28-36-17-15-22-43(49-36)40-19-14-13-18-39(40)42-24-32(5)23-41(45(42)51-29-50-12)33-25-34(46(6,7)8)27-35(26-33)47(9,10)11/h13-28,30-31H,29H2,1-12H3. The molecule has 0 unspecified atom stereocenters. The molecule has 5 rings (SSSR count). The van der Waals surface area contributed by atoms with Gasteiger partial charge in [0, 0.05) is 23.8 Å². The summed E-state index contributed by atoms with van der Waals surface area (Å²) >= 11 is 0. The third-order valence-electron chi connectivity index (χ3n) is 9.46. The average Bonchev–Trinajstić information content (AvgIpc) is 3.08. The molecule has 0 N–H and O–H groups in total. The number of hydrogen-bond donors (Lipinski definition) is 0. The van der Waals surface area contributed by atoms with Crippen LogP contribution in [0.2, 0.25) is 0 Å². The van der Waals surface area contributed by atoms with E-state index in [1.807, 2.05) is 12.3 Å². The van der Waals surface area contributed by atoms with E-state index >= 15 is 0 Å². The van der Waals surface area contributed by atoms with E-state index in [-0.39, 0.29) is 17.6 Å². The molecule has 266 valence electrons. The van der Waals surface area contributed by atoms with Crippen molar-refractivity contribution in [3.8, 4) is 39.3 Å². The fraction of sp³-hybridized carbons (Fsp3) is 0.362. The minimum atomic E-state index is -0.0178. The van der Waals surface area contributed by atoms with Gasteiger partial charge in [0.1, 0.15) is 5.75 Å². The van der Waals surface area contributed by atoms with E-state index in [0.717, 1.165) is 56.2 Å². The lowest BCUT2D eigenvalue weighted by Gasteiger charge is -2.27. The van der Waals surface area contributed by atoms with E-state index in [1.54, 1.807) is 7.11 Å². The Morgan fingerprint density at radius 2 is 1.24 bits per heavy atom. The molecule has 0 aliphatic heterocycles. The SMILES string of the molecule is COCOc1c(-c2cc(C(C)(C)C)cc(C(C)(C)C)c2)cc(C)cc1-c1ccccc1-c1cccc(C=Nc2c(C(C)C)cccc2C(C)C)n1. The number of aliphatic imine (C=N–C) groups is 1. The van der Waals surface area contributed by atoms with Crippen molar-refractivity contribution in [2.75, 3.05) is 13.9 Å². The van der Waals surface area contributed by atoms with Crippen LogP contribution in [0.25, 0.3) is 33.5 Å². The van der Waals surface area contributed by atoms with Crippen LogP contribution in [0.3, 0.4) is 0 Å². The Balaban J connectivity index is 1.68. The molecule has 0 amide bonds. The van der Waals surface area contributed by atoms with Gasteiger partial charge in [0.05, 0.1) is 23.3 Å². The van der Waals surface area contributed by atoms with Gasteiger partial charge in [0.15, 0.2) is 6.79 Å². The molecule has 51 heavy (non-hydrogen) atoms. The normalized spacial score (nSPS) is 12.4. The number of ether oxygens (including phenoxy) is 2. The van der Waals surface area contributed by atoms with Gasteiger partial charge in [0.25, 0.3) is 0 Å². The Labute approximate surface area is 307 Å². The topological polar surface area (TPSA) is 43.7 Å². The molecule has 0 atom stereocenters. The molecule has 0 aliphatic rings. The fourth-order valence-electron chi connectivity index (χ4n) is 6.52. The monoisotopic (exact) mass is 680 g/mol. The average molecular weight is 681 g/mol. The minimum Gasteiger partial charge on any atom is -0.466 e. The van der Waals surface area contributed by atoms with E-state index in [0.29, 0.717) is 11.8 Å². The second-order valence-corrected chi connectivity index (χ2v) is 16.4. The van der Waals surface area contributed by atoms with Gasteiger partial charge in [-0.2, -0.15) is 0 Å². The summed E-state index contributed by atoms with van der Waals surface area (Å²) in [5, 5.41) is 0. The number of rotatable bonds is 10. The van der Waals surface area contributed by atoms with Gasteiger partial charge in [-0.05, 0) is 92.8 Å². The number of hydrogen-bond acceptors (Lipinski definition) is 4. The van der Waals surface area contributed by atoms with E-state index in [2.05, 4.69) is 161 Å². The molecule has 0 saturated carbocycles. The summed E-state index contributed by atoms with van der Waals surface area (Å²) in [6.07, 6.45) is 1.91. The molecule has 0 aliphatic carbocycles. The highest BCUT2D eigenvalue weighted by Gasteiger charge is 2.24. The smallest absolute Gasteiger partial charge is 0.188 e. The van der Waals surface area contributed by atoms with Gasteiger partial charge >= 0.3 is 0 Å². The van der Waals surface area contributed by atoms with Crippen LogP contribution in [-0.4, -0.2) is 25.1 Å². The number of aryl methyl sites for hydroxylation is 1. The number of nitrogens with zero attached hydrogens (tertiary/aromatic N) is 2. The molecule has 0 fully saturated rings. The molecule has 0 spiro atoms. The molecule has 4 heteroatoms. The number of benzene rings is 4. The lowest BCUT2D eigenvalue weighted by molar-refractivity contribution is 0.0519. The third-order valence-corrected chi connectivity index (χ3v) is 9.46. The van der Waals surface area contributed by atoms with Gasteiger partial charge in [-0.25, -0.2) is 4.98 Å². The zero-order chi connectivity index (χ0) is 37.1. The number of methoxy groups -OCH3 is 1. The van der Waals surface area contributed by atoms with Gasteiger partial charge in [-0.1, -0.05) is 136 Å². The number of pyridine rings is 1. The largest absolute Gasteiger partial charge is 0.466 e. The van der Waals surface area contributed by atoms with Crippen molar-refractivity contribution in [2.24, 2.45) is 4.99 Å². The maximum absolute atomic E-state index is 6.53. The summed E-state index contributed by atoms with van der Waals surface area (Å²) in [6, 6.07) is 32.6. The highest BCUT2D eigenvalue weighted by atomic mass is 16.7. The highest BCUT2D eigenvalue weighted by molar-refractivity contribution is 5.91. The Bertz CT molecular complexity index is 1960. The lowest BCUT2D eigenvalue weighted by atomic mass is 9.78. The predicted molar refractivity (Wildman–Crippen MR) is 217 cm³/mol. The van der Waals surface area contributed by atoms with Crippen LogP contribution in [0.5, 0.6) is 5.75 Å². The Kier molecular flexibility index (Phi) is 11.4. The van der Waals surface area contributed by atoms with E-state index in [9.17, 15) is 0 Å². The van der Waals surface area contributed by atoms with Gasteiger partial charge in [-0.3, -0.25) is 4.99 Å². The van der Waals surface area contributed by atoms with Crippen LogP contribution in [0, 0.1) is 6.92 Å². The first-order valence-electron chi connectivity index (χ1n) is 18.2. The second-order valence-electron chi connectivity index (χ2n) is 16.4. The summed E-state index contributed by atoms with van der Waals surface area (Å²) in [6.45, 7) is 24.8. The van der Waals surface area contributed by atoms with E-state index in [1.165, 1.54) is 22.3 Å². The van der Waals surface area contributed by atoms with Crippen LogP contribution in [-0.2, 0) is 15.6 Å². The summed E-state index contributed by atoms with van der Waals surface area (Å²) in [5.41, 5.74) is 14.2. The van der Waals surface area contributed by atoms with Crippen LogP contribution in [0.4, 0.5) is 5.69 Å². The molecule has 0 radical (unpaired) electrons. The van der Waals surface area contributed by atoms with Crippen molar-refractivity contribution >= 4 is 11.9 Å². The van der Waals surface area contributed by atoms with Crippen molar-refractivity contribution in [3.05, 3.63) is 125 Å². The lowest BCUT2D eigenvalue weighted by Crippen LogP contribution is -2.16. The predicted octanol–water partition coefficient (Wildman–Crippen LogP) is 13.0. The number of para-hydroxylation sites is 1. The van der Waals surface area contributed by atoms with E-state index in [4.69, 9.17) is 19.5 Å². The van der Waals surface area contributed by atoms with Gasteiger partial charge < -0.3 is 9.47 Å². The van der Waals surface area contributed by atoms with Gasteiger partial charge in [-0.15, -0.1) is 0 Å². The molecule has 0 saturated heterocycles. The van der Waals surface area contributed by atoms with Crippen molar-refractivity contribution in [2.45, 2.75) is 98.8 Å². The third kappa shape index (κ3) is 8.68. The summed E-state index contributed by atoms with van der Waals surface area (Å²) in [5.74, 6) is 1.53. The highest BCUT2D eigenvalue weighted by Crippen LogP contribution is 2.45. The quantitative estimate of drug-likeness (QED) is 0.109. The fourth-order valence-corrected chi connectivity index (χ4v) is 6.52. The summed E-state index contributed by atoms with van der Waals surface area (Å²) in [7, 11) is 1.67. The second kappa shape index (κ2) is 15.4. The van der Waals surface area contributed by atoms with Crippen molar-refractivity contribution in [3.63, 3.8) is 0 Å². The molecule has 0 bridgehead atoms. The summed E-state index contributed by atoms with van der Waals surface area (Å²) in [4.78, 5) is 10.2.